The number of amides is 1. The number of aryl methyl sites for hydroxylation is 1. The molecule has 2 rings (SSSR count). The van der Waals surface area contributed by atoms with Crippen LogP contribution < -0.4 is 5.73 Å². The highest BCUT2D eigenvalue weighted by atomic mass is 16.2. The Balaban J connectivity index is 2.20. The Morgan fingerprint density at radius 2 is 2.44 bits per heavy atom. The van der Waals surface area contributed by atoms with Gasteiger partial charge in [0.1, 0.15) is 0 Å². The highest BCUT2D eigenvalue weighted by Crippen LogP contribution is 2.17. The van der Waals surface area contributed by atoms with E-state index in [0.717, 1.165) is 25.1 Å². The van der Waals surface area contributed by atoms with Crippen molar-refractivity contribution < 1.29 is 4.79 Å². The van der Waals surface area contributed by atoms with Crippen LogP contribution in [0.4, 0.5) is 5.69 Å². The number of aromatic amines is 1. The van der Waals surface area contributed by atoms with Crippen molar-refractivity contribution in [3.8, 4) is 0 Å². The van der Waals surface area contributed by atoms with E-state index in [-0.39, 0.29) is 5.91 Å². The lowest BCUT2D eigenvalue weighted by atomic mass is 10.2. The Labute approximate surface area is 94.3 Å². The van der Waals surface area contributed by atoms with E-state index >= 15 is 0 Å². The molecule has 1 aliphatic heterocycles. The first-order valence-corrected chi connectivity index (χ1v) is 5.51. The summed E-state index contributed by atoms with van der Waals surface area (Å²) in [7, 11) is 0. The molecule has 1 aromatic heterocycles. The van der Waals surface area contributed by atoms with E-state index in [1.807, 2.05) is 13.0 Å². The molecule has 0 aliphatic carbocycles. The number of nitrogens with two attached hydrogens (primary N) is 1. The molecule has 5 nitrogen and oxygen atoms in total. The zero-order chi connectivity index (χ0) is 11.5. The van der Waals surface area contributed by atoms with Gasteiger partial charge in [-0.15, -0.1) is 0 Å². The first-order valence-electron chi connectivity index (χ1n) is 5.51. The maximum atomic E-state index is 12.1. The van der Waals surface area contributed by atoms with Crippen LogP contribution in [0.15, 0.2) is 12.2 Å². The number of nitrogen functional groups attached to an aromatic ring is 1. The summed E-state index contributed by atoms with van der Waals surface area (Å²) in [5, 5.41) is 6.80. The second kappa shape index (κ2) is 4.38. The third-order valence-electron chi connectivity index (χ3n) is 2.78. The van der Waals surface area contributed by atoms with Crippen molar-refractivity contribution in [1.82, 2.24) is 15.1 Å². The van der Waals surface area contributed by atoms with Gasteiger partial charge in [0.05, 0.1) is 11.4 Å². The van der Waals surface area contributed by atoms with Crippen LogP contribution in [0.5, 0.6) is 0 Å². The number of rotatable bonds is 2. The van der Waals surface area contributed by atoms with Gasteiger partial charge < -0.3 is 10.6 Å². The molecule has 0 radical (unpaired) electrons. The predicted octanol–water partition coefficient (Wildman–Crippen LogP) is 0.956. The van der Waals surface area contributed by atoms with Gasteiger partial charge in [-0.3, -0.25) is 9.89 Å². The average molecular weight is 220 g/mol. The smallest absolute Gasteiger partial charge is 0.276 e. The number of hydrogen-bond acceptors (Lipinski definition) is 3. The maximum absolute atomic E-state index is 12.1. The fraction of sp³-hybridized carbons (Fsp3) is 0.455. The number of aromatic nitrogens is 2. The molecule has 3 N–H and O–H groups in total. The van der Waals surface area contributed by atoms with E-state index in [4.69, 9.17) is 5.73 Å². The van der Waals surface area contributed by atoms with Crippen molar-refractivity contribution in [1.29, 1.82) is 0 Å². The monoisotopic (exact) mass is 220 g/mol. The van der Waals surface area contributed by atoms with E-state index in [2.05, 4.69) is 16.3 Å². The normalized spacial score (nSPS) is 15.4. The summed E-state index contributed by atoms with van der Waals surface area (Å²) in [4.78, 5) is 13.8. The number of H-pyrrole nitrogens is 1. The molecule has 0 unspecified atom stereocenters. The molecule has 1 aromatic rings. The molecule has 0 atom stereocenters. The minimum Gasteiger partial charge on any atom is -0.395 e. The number of anilines is 1. The molecule has 16 heavy (non-hydrogen) atoms. The standard InChI is InChI=1S/C11H16N4O/c1-2-8-9(12)10(14-13-8)11(16)15-6-4-3-5-7-15/h3-4H,2,5-7,12H2,1H3,(H,13,14). The van der Waals surface area contributed by atoms with Crippen molar-refractivity contribution in [3.05, 3.63) is 23.5 Å². The second-order valence-electron chi connectivity index (χ2n) is 3.83. The molecule has 0 aromatic carbocycles. The van der Waals surface area contributed by atoms with E-state index in [1.54, 1.807) is 4.90 Å². The zero-order valence-electron chi connectivity index (χ0n) is 9.36. The molecule has 86 valence electrons. The van der Waals surface area contributed by atoms with Crippen LogP contribution in [-0.2, 0) is 6.42 Å². The van der Waals surface area contributed by atoms with Gasteiger partial charge in [0.2, 0.25) is 0 Å². The van der Waals surface area contributed by atoms with Crippen molar-refractivity contribution in [2.75, 3.05) is 18.8 Å². The molecule has 5 heteroatoms. The predicted molar refractivity (Wildman–Crippen MR) is 62.0 cm³/mol. The summed E-state index contributed by atoms with van der Waals surface area (Å²) in [6, 6.07) is 0. The Kier molecular flexibility index (Phi) is 2.94. The van der Waals surface area contributed by atoms with Crippen LogP contribution >= 0.6 is 0 Å². The van der Waals surface area contributed by atoms with Gasteiger partial charge >= 0.3 is 0 Å². The summed E-state index contributed by atoms with van der Waals surface area (Å²) in [6.45, 7) is 3.36. The largest absolute Gasteiger partial charge is 0.395 e. The van der Waals surface area contributed by atoms with Crippen LogP contribution in [0, 0.1) is 0 Å². The van der Waals surface area contributed by atoms with Gasteiger partial charge in [-0.25, -0.2) is 0 Å². The van der Waals surface area contributed by atoms with Gasteiger partial charge in [0, 0.05) is 13.1 Å². The van der Waals surface area contributed by atoms with Gasteiger partial charge in [0.25, 0.3) is 5.91 Å². The van der Waals surface area contributed by atoms with Crippen LogP contribution in [0.25, 0.3) is 0 Å². The lowest BCUT2D eigenvalue weighted by Gasteiger charge is -2.22. The van der Waals surface area contributed by atoms with E-state index < -0.39 is 0 Å². The summed E-state index contributed by atoms with van der Waals surface area (Å²) < 4.78 is 0. The fourth-order valence-corrected chi connectivity index (χ4v) is 1.79. The third kappa shape index (κ3) is 1.80. The van der Waals surface area contributed by atoms with Crippen molar-refractivity contribution in [2.24, 2.45) is 0 Å². The minimum absolute atomic E-state index is 0.0854. The number of hydrogen-bond donors (Lipinski definition) is 2. The Morgan fingerprint density at radius 3 is 3.00 bits per heavy atom. The van der Waals surface area contributed by atoms with Crippen LogP contribution in [0.2, 0.25) is 0 Å². The van der Waals surface area contributed by atoms with Crippen LogP contribution in [0.1, 0.15) is 29.5 Å². The highest BCUT2D eigenvalue weighted by Gasteiger charge is 2.22. The van der Waals surface area contributed by atoms with Crippen LogP contribution in [0.3, 0.4) is 0 Å². The molecule has 0 spiro atoms. The van der Waals surface area contributed by atoms with Crippen molar-refractivity contribution in [2.45, 2.75) is 19.8 Å². The Hall–Kier alpha value is -1.78. The first kappa shape index (κ1) is 10.7. The van der Waals surface area contributed by atoms with Gasteiger partial charge in [0.15, 0.2) is 5.69 Å². The lowest BCUT2D eigenvalue weighted by Crippen LogP contribution is -2.34. The quantitative estimate of drug-likeness (QED) is 0.729. The van der Waals surface area contributed by atoms with E-state index in [0.29, 0.717) is 17.9 Å². The number of nitrogens with one attached hydrogen (secondary N) is 1. The fourth-order valence-electron chi connectivity index (χ4n) is 1.79. The van der Waals surface area contributed by atoms with Gasteiger partial charge in [-0.05, 0) is 12.8 Å². The minimum atomic E-state index is -0.0854. The molecule has 0 saturated heterocycles. The Morgan fingerprint density at radius 1 is 1.62 bits per heavy atom. The number of nitrogens with zero attached hydrogens (tertiary/aromatic N) is 2. The lowest BCUT2D eigenvalue weighted by molar-refractivity contribution is 0.0766. The summed E-state index contributed by atoms with van der Waals surface area (Å²) in [5.41, 5.74) is 7.53. The van der Waals surface area contributed by atoms with Crippen LogP contribution in [-0.4, -0.2) is 34.1 Å². The van der Waals surface area contributed by atoms with Crippen molar-refractivity contribution in [3.63, 3.8) is 0 Å². The van der Waals surface area contributed by atoms with E-state index in [1.165, 1.54) is 0 Å². The topological polar surface area (TPSA) is 75.0 Å². The second-order valence-corrected chi connectivity index (χ2v) is 3.83. The molecule has 0 fully saturated rings. The molecular formula is C11H16N4O. The maximum Gasteiger partial charge on any atom is 0.276 e. The van der Waals surface area contributed by atoms with Crippen molar-refractivity contribution >= 4 is 11.6 Å². The number of carbonyl (C=O) groups is 1. The molecule has 2 heterocycles. The van der Waals surface area contributed by atoms with E-state index in [9.17, 15) is 4.79 Å². The summed E-state index contributed by atoms with van der Waals surface area (Å²) in [6.07, 6.45) is 5.73. The molecule has 1 amide bonds. The average Bonchev–Trinajstić information content (AvgIpc) is 2.70. The molecule has 1 aliphatic rings. The zero-order valence-corrected chi connectivity index (χ0v) is 9.36. The molecule has 0 saturated carbocycles. The molecule has 0 bridgehead atoms. The summed E-state index contributed by atoms with van der Waals surface area (Å²) >= 11 is 0. The summed E-state index contributed by atoms with van der Waals surface area (Å²) in [5.74, 6) is -0.0854. The number of carbonyl (C=O) groups excluding carboxylic acids is 1. The SMILES string of the molecule is CCc1[nH]nc(C(=O)N2CC=CCC2)c1N. The third-order valence-corrected chi connectivity index (χ3v) is 2.78. The Bertz CT molecular complexity index is 422. The molecular weight excluding hydrogens is 204 g/mol. The first-order chi connectivity index (χ1) is 7.74. The van der Waals surface area contributed by atoms with Gasteiger partial charge in [-0.2, -0.15) is 5.10 Å². The highest BCUT2D eigenvalue weighted by molar-refractivity contribution is 5.97. The van der Waals surface area contributed by atoms with Gasteiger partial charge in [-0.1, -0.05) is 19.1 Å².